The van der Waals surface area contributed by atoms with E-state index in [1.165, 1.54) is 24.3 Å². The zero-order chi connectivity index (χ0) is 24.0. The monoisotopic (exact) mass is 453 g/mol. The number of rotatable bonds is 7. The van der Waals surface area contributed by atoms with Gasteiger partial charge >= 0.3 is 0 Å². The zero-order valence-electron chi connectivity index (χ0n) is 19.4. The van der Waals surface area contributed by atoms with Crippen LogP contribution in [0, 0.1) is 18.7 Å². The molecule has 7 heteroatoms. The summed E-state index contributed by atoms with van der Waals surface area (Å²) in [6, 6.07) is 12.1. The molecule has 0 aliphatic carbocycles. The van der Waals surface area contributed by atoms with E-state index in [0.29, 0.717) is 37.1 Å². The summed E-state index contributed by atoms with van der Waals surface area (Å²) in [4.78, 5) is 40.5. The molecule has 0 bridgehead atoms. The largest absolute Gasteiger partial charge is 0.352 e. The van der Waals surface area contributed by atoms with E-state index >= 15 is 0 Å². The van der Waals surface area contributed by atoms with Crippen molar-refractivity contribution in [1.29, 1.82) is 0 Å². The number of hydrogen-bond acceptors (Lipinski definition) is 3. The van der Waals surface area contributed by atoms with Gasteiger partial charge < -0.3 is 15.5 Å². The number of carbonyl (C=O) groups is 3. The predicted octanol–water partition coefficient (Wildman–Crippen LogP) is 3.70. The summed E-state index contributed by atoms with van der Waals surface area (Å²) in [7, 11) is 0. The van der Waals surface area contributed by atoms with E-state index in [1.807, 2.05) is 32.9 Å². The van der Waals surface area contributed by atoms with E-state index in [1.54, 1.807) is 17.0 Å². The lowest BCUT2D eigenvalue weighted by atomic mass is 9.88. The number of aryl methyl sites for hydroxylation is 1. The number of likely N-dealkylation sites (tertiary alicyclic amines) is 1. The van der Waals surface area contributed by atoms with Crippen LogP contribution in [0.1, 0.15) is 59.4 Å². The molecule has 0 unspecified atom stereocenters. The van der Waals surface area contributed by atoms with E-state index in [-0.39, 0.29) is 35.5 Å². The predicted molar refractivity (Wildman–Crippen MR) is 125 cm³/mol. The van der Waals surface area contributed by atoms with Crippen molar-refractivity contribution >= 4 is 17.7 Å². The van der Waals surface area contributed by atoms with Gasteiger partial charge in [-0.25, -0.2) is 4.39 Å². The number of hydrogen-bond donors (Lipinski definition) is 2. The smallest absolute Gasteiger partial charge is 0.253 e. The Kier molecular flexibility index (Phi) is 8.20. The molecular weight excluding hydrogens is 421 g/mol. The fourth-order valence-corrected chi connectivity index (χ4v) is 4.09. The SMILES string of the molecule is CC[C@@H](C)NC(=O)[C@H](NC(=O)c1ccccc1C)C1CCN(C(=O)c2ccc(F)cc2)CC1. The normalized spacial score (nSPS) is 16.1. The number of benzene rings is 2. The van der Waals surface area contributed by atoms with E-state index in [4.69, 9.17) is 0 Å². The number of halogens is 1. The molecule has 33 heavy (non-hydrogen) atoms. The number of nitrogens with one attached hydrogen (secondary N) is 2. The van der Waals surface area contributed by atoms with Crippen molar-refractivity contribution in [1.82, 2.24) is 15.5 Å². The molecule has 0 saturated carbocycles. The highest BCUT2D eigenvalue weighted by atomic mass is 19.1. The second-order valence-corrected chi connectivity index (χ2v) is 8.72. The summed E-state index contributed by atoms with van der Waals surface area (Å²) in [5.41, 5.74) is 1.83. The summed E-state index contributed by atoms with van der Waals surface area (Å²) < 4.78 is 13.2. The number of carbonyl (C=O) groups excluding carboxylic acids is 3. The molecule has 0 aromatic heterocycles. The van der Waals surface area contributed by atoms with Crippen molar-refractivity contribution in [2.45, 2.75) is 52.1 Å². The minimum Gasteiger partial charge on any atom is -0.352 e. The summed E-state index contributed by atoms with van der Waals surface area (Å²) >= 11 is 0. The van der Waals surface area contributed by atoms with Crippen LogP contribution < -0.4 is 10.6 Å². The second-order valence-electron chi connectivity index (χ2n) is 8.72. The van der Waals surface area contributed by atoms with Gasteiger partial charge in [0, 0.05) is 30.3 Å². The fourth-order valence-electron chi connectivity index (χ4n) is 4.09. The van der Waals surface area contributed by atoms with Crippen molar-refractivity contribution in [3.05, 3.63) is 71.0 Å². The minimum atomic E-state index is -0.686. The molecule has 1 aliphatic heterocycles. The third-order valence-corrected chi connectivity index (χ3v) is 6.35. The van der Waals surface area contributed by atoms with Gasteiger partial charge in [-0.15, -0.1) is 0 Å². The van der Waals surface area contributed by atoms with Crippen LogP contribution in [0.3, 0.4) is 0 Å². The first-order valence-electron chi connectivity index (χ1n) is 11.5. The summed E-state index contributed by atoms with van der Waals surface area (Å²) in [5.74, 6) is -1.11. The number of amides is 3. The Morgan fingerprint density at radius 3 is 2.27 bits per heavy atom. The Hall–Kier alpha value is -3.22. The average molecular weight is 454 g/mol. The van der Waals surface area contributed by atoms with Crippen molar-refractivity contribution in [2.75, 3.05) is 13.1 Å². The van der Waals surface area contributed by atoms with Gasteiger partial charge in [-0.2, -0.15) is 0 Å². The van der Waals surface area contributed by atoms with E-state index in [0.717, 1.165) is 12.0 Å². The first kappa shape index (κ1) is 24.4. The molecule has 0 spiro atoms. The van der Waals surface area contributed by atoms with E-state index in [2.05, 4.69) is 10.6 Å². The molecular formula is C26H32FN3O3. The fraction of sp³-hybridized carbons (Fsp3) is 0.423. The molecule has 1 saturated heterocycles. The summed E-state index contributed by atoms with van der Waals surface area (Å²) in [5, 5.41) is 5.95. The van der Waals surface area contributed by atoms with Gasteiger partial charge in [-0.3, -0.25) is 14.4 Å². The van der Waals surface area contributed by atoms with Crippen LogP contribution in [0.4, 0.5) is 4.39 Å². The van der Waals surface area contributed by atoms with Crippen LogP contribution >= 0.6 is 0 Å². The Balaban J connectivity index is 1.71. The highest BCUT2D eigenvalue weighted by Crippen LogP contribution is 2.23. The third-order valence-electron chi connectivity index (χ3n) is 6.35. The zero-order valence-corrected chi connectivity index (χ0v) is 19.4. The Morgan fingerprint density at radius 2 is 1.67 bits per heavy atom. The van der Waals surface area contributed by atoms with Gasteiger partial charge in [-0.1, -0.05) is 25.1 Å². The van der Waals surface area contributed by atoms with Crippen LogP contribution in [0.2, 0.25) is 0 Å². The number of piperidine rings is 1. The lowest BCUT2D eigenvalue weighted by Gasteiger charge is -2.36. The maximum Gasteiger partial charge on any atom is 0.253 e. The third kappa shape index (κ3) is 6.18. The molecule has 1 heterocycles. The Bertz CT molecular complexity index is 985. The molecule has 3 amide bonds. The minimum absolute atomic E-state index is 0.00416. The van der Waals surface area contributed by atoms with Gasteiger partial charge in [0.05, 0.1) is 0 Å². The highest BCUT2D eigenvalue weighted by molar-refractivity contribution is 5.98. The number of nitrogens with zero attached hydrogens (tertiary/aromatic N) is 1. The highest BCUT2D eigenvalue weighted by Gasteiger charge is 2.34. The van der Waals surface area contributed by atoms with Gasteiger partial charge in [0.25, 0.3) is 11.8 Å². The van der Waals surface area contributed by atoms with Crippen LogP contribution in [0.15, 0.2) is 48.5 Å². The quantitative estimate of drug-likeness (QED) is 0.671. The maximum absolute atomic E-state index is 13.2. The molecule has 176 valence electrons. The summed E-state index contributed by atoms with van der Waals surface area (Å²) in [6.07, 6.45) is 1.95. The molecule has 2 N–H and O–H groups in total. The van der Waals surface area contributed by atoms with E-state index < -0.39 is 6.04 Å². The van der Waals surface area contributed by atoms with Crippen LogP contribution in [0.5, 0.6) is 0 Å². The molecule has 2 atom stereocenters. The molecule has 6 nitrogen and oxygen atoms in total. The Morgan fingerprint density at radius 1 is 1.03 bits per heavy atom. The van der Waals surface area contributed by atoms with Crippen molar-refractivity contribution in [2.24, 2.45) is 5.92 Å². The Labute approximate surface area is 194 Å². The van der Waals surface area contributed by atoms with Gasteiger partial charge in [-0.05, 0) is 74.9 Å². The van der Waals surface area contributed by atoms with Crippen molar-refractivity contribution in [3.63, 3.8) is 0 Å². The van der Waals surface area contributed by atoms with Crippen LogP contribution in [-0.4, -0.2) is 47.8 Å². The average Bonchev–Trinajstić information content (AvgIpc) is 2.82. The van der Waals surface area contributed by atoms with Crippen LogP contribution in [-0.2, 0) is 4.79 Å². The summed E-state index contributed by atoms with van der Waals surface area (Å²) in [6.45, 7) is 6.72. The lowest BCUT2D eigenvalue weighted by molar-refractivity contribution is -0.125. The van der Waals surface area contributed by atoms with Crippen LogP contribution in [0.25, 0.3) is 0 Å². The molecule has 2 aromatic rings. The van der Waals surface area contributed by atoms with Crippen molar-refractivity contribution < 1.29 is 18.8 Å². The first-order chi connectivity index (χ1) is 15.8. The van der Waals surface area contributed by atoms with Gasteiger partial charge in [0.2, 0.25) is 5.91 Å². The van der Waals surface area contributed by atoms with Gasteiger partial charge in [0.1, 0.15) is 11.9 Å². The standard InChI is InChI=1S/C26H32FN3O3/c1-4-18(3)28-25(32)23(29-24(31)22-8-6-5-7-17(22)2)19-13-15-30(16-14-19)26(33)20-9-11-21(27)12-10-20/h5-12,18-19,23H,4,13-16H2,1-3H3,(H,28,32)(H,29,31)/t18-,23-/m1/s1. The maximum atomic E-state index is 13.2. The molecule has 3 rings (SSSR count). The topological polar surface area (TPSA) is 78.5 Å². The first-order valence-corrected chi connectivity index (χ1v) is 11.5. The lowest BCUT2D eigenvalue weighted by Crippen LogP contribution is -2.55. The molecule has 0 radical (unpaired) electrons. The van der Waals surface area contributed by atoms with Gasteiger partial charge in [0.15, 0.2) is 0 Å². The molecule has 1 aliphatic rings. The van der Waals surface area contributed by atoms with Crippen molar-refractivity contribution in [3.8, 4) is 0 Å². The van der Waals surface area contributed by atoms with E-state index in [9.17, 15) is 18.8 Å². The molecule has 1 fully saturated rings. The molecule has 2 aromatic carbocycles. The second kappa shape index (κ2) is 11.1.